The summed E-state index contributed by atoms with van der Waals surface area (Å²) in [5.74, 6) is -4.48. The van der Waals surface area contributed by atoms with Crippen LogP contribution in [0.15, 0.2) is 18.2 Å². The zero-order chi connectivity index (χ0) is 16.2. The smallest absolute Gasteiger partial charge is 0.202 e. The number of phenols is 4. The lowest BCUT2D eigenvalue weighted by Crippen LogP contribution is -2.21. The molecule has 112 valence electrons. The van der Waals surface area contributed by atoms with Gasteiger partial charge in [0.05, 0.1) is 23.3 Å². The molecular formula is C15H10O7. The Balaban J connectivity index is 2.40. The van der Waals surface area contributed by atoms with Gasteiger partial charge in [0.1, 0.15) is 11.5 Å². The highest BCUT2D eigenvalue weighted by Gasteiger charge is 2.37. The lowest BCUT2D eigenvalue weighted by Gasteiger charge is -2.21. The largest absolute Gasteiger partial charge is 0.507 e. The van der Waals surface area contributed by atoms with Gasteiger partial charge in [-0.25, -0.2) is 0 Å². The summed E-state index contributed by atoms with van der Waals surface area (Å²) in [5.41, 5.74) is -1.37. The molecule has 22 heavy (non-hydrogen) atoms. The van der Waals surface area contributed by atoms with Gasteiger partial charge in [-0.05, 0) is 17.7 Å². The van der Waals surface area contributed by atoms with Crippen LogP contribution in [0, 0.1) is 0 Å². The van der Waals surface area contributed by atoms with Gasteiger partial charge >= 0.3 is 0 Å². The van der Waals surface area contributed by atoms with Crippen LogP contribution in [-0.4, -0.2) is 37.1 Å². The highest BCUT2D eigenvalue weighted by atomic mass is 16.3. The van der Waals surface area contributed by atoms with Crippen LogP contribution in [0.5, 0.6) is 23.0 Å². The number of hydrogen-bond donors (Lipinski definition) is 5. The van der Waals surface area contributed by atoms with Gasteiger partial charge in [0, 0.05) is 11.6 Å². The van der Waals surface area contributed by atoms with Crippen LogP contribution in [-0.2, 0) is 6.61 Å². The predicted octanol–water partition coefficient (Wildman–Crippen LogP) is 0.777. The Hall–Kier alpha value is -3.06. The molecule has 2 aromatic carbocycles. The van der Waals surface area contributed by atoms with Gasteiger partial charge < -0.3 is 25.5 Å². The third-order valence-corrected chi connectivity index (χ3v) is 3.54. The van der Waals surface area contributed by atoms with Crippen LogP contribution < -0.4 is 0 Å². The topological polar surface area (TPSA) is 135 Å². The fraction of sp³-hybridized carbons (Fsp3) is 0.0667. The van der Waals surface area contributed by atoms with Gasteiger partial charge in [-0.3, -0.25) is 9.59 Å². The highest BCUT2D eigenvalue weighted by Crippen LogP contribution is 2.44. The summed E-state index contributed by atoms with van der Waals surface area (Å²) >= 11 is 0. The lowest BCUT2D eigenvalue weighted by molar-refractivity contribution is 0.0971. The van der Waals surface area contributed by atoms with Crippen molar-refractivity contribution in [2.45, 2.75) is 6.61 Å². The molecule has 1 aliphatic rings. The van der Waals surface area contributed by atoms with E-state index in [1.807, 2.05) is 0 Å². The van der Waals surface area contributed by atoms with E-state index in [1.165, 1.54) is 6.07 Å². The molecule has 0 amide bonds. The van der Waals surface area contributed by atoms with E-state index in [0.717, 1.165) is 12.1 Å². The quantitative estimate of drug-likeness (QED) is 0.331. The van der Waals surface area contributed by atoms with Crippen molar-refractivity contribution < 1.29 is 35.1 Å². The van der Waals surface area contributed by atoms with Crippen LogP contribution in [0.4, 0.5) is 0 Å². The Labute approximate surface area is 123 Å². The number of benzene rings is 2. The summed E-state index contributed by atoms with van der Waals surface area (Å²) in [6, 6.07) is 3.08. The number of rotatable bonds is 1. The van der Waals surface area contributed by atoms with Crippen molar-refractivity contribution in [3.8, 4) is 23.0 Å². The van der Waals surface area contributed by atoms with Crippen molar-refractivity contribution in [1.82, 2.24) is 0 Å². The van der Waals surface area contributed by atoms with E-state index in [0.29, 0.717) is 0 Å². The lowest BCUT2D eigenvalue weighted by atomic mass is 9.81. The molecule has 0 unspecified atom stereocenters. The Morgan fingerprint density at radius 1 is 0.727 bits per heavy atom. The Bertz CT molecular complexity index is 852. The molecule has 2 aromatic rings. The van der Waals surface area contributed by atoms with Crippen molar-refractivity contribution in [1.29, 1.82) is 0 Å². The van der Waals surface area contributed by atoms with Gasteiger partial charge in [-0.15, -0.1) is 0 Å². The van der Waals surface area contributed by atoms with Crippen molar-refractivity contribution in [2.24, 2.45) is 0 Å². The maximum absolute atomic E-state index is 12.5. The van der Waals surface area contributed by atoms with Gasteiger partial charge in [0.2, 0.25) is 5.78 Å². The number of aliphatic hydroxyl groups excluding tert-OH is 1. The maximum Gasteiger partial charge on any atom is 0.202 e. The molecule has 5 N–H and O–H groups in total. The molecule has 7 heteroatoms. The second kappa shape index (κ2) is 4.47. The summed E-state index contributed by atoms with van der Waals surface area (Å²) in [7, 11) is 0. The molecule has 0 heterocycles. The standard InChI is InChI=1S/C15H10O7/c16-4-5-1-6-10(7(17)2-5)15(22)11-8(18)3-9(19)14(21)12(11)13(6)20/h1-3,16-19,21H,4H2. The molecular weight excluding hydrogens is 292 g/mol. The van der Waals surface area contributed by atoms with Crippen molar-refractivity contribution in [3.05, 3.63) is 46.0 Å². The average Bonchev–Trinajstić information content (AvgIpc) is 2.47. The minimum Gasteiger partial charge on any atom is -0.507 e. The van der Waals surface area contributed by atoms with Crippen molar-refractivity contribution >= 4 is 11.6 Å². The molecule has 0 fully saturated rings. The van der Waals surface area contributed by atoms with Gasteiger partial charge in [-0.2, -0.15) is 0 Å². The summed E-state index contributed by atoms with van der Waals surface area (Å²) in [5, 5.41) is 48.2. The monoisotopic (exact) mass is 302 g/mol. The second-order valence-corrected chi connectivity index (χ2v) is 4.87. The van der Waals surface area contributed by atoms with E-state index < -0.39 is 52.3 Å². The first-order valence-electron chi connectivity index (χ1n) is 6.20. The summed E-state index contributed by atoms with van der Waals surface area (Å²) < 4.78 is 0. The van der Waals surface area contributed by atoms with Gasteiger partial charge in [0.15, 0.2) is 17.3 Å². The Kier molecular flexibility index (Phi) is 2.82. The minimum atomic E-state index is -0.862. The van der Waals surface area contributed by atoms with Crippen molar-refractivity contribution in [3.63, 3.8) is 0 Å². The van der Waals surface area contributed by atoms with Crippen molar-refractivity contribution in [2.75, 3.05) is 0 Å². The third kappa shape index (κ3) is 1.66. The number of carbonyl (C=O) groups is 2. The molecule has 3 rings (SSSR count). The molecule has 1 aliphatic carbocycles. The average molecular weight is 302 g/mol. The number of carbonyl (C=O) groups excluding carboxylic acids is 2. The highest BCUT2D eigenvalue weighted by molar-refractivity contribution is 6.31. The number of ketones is 2. The maximum atomic E-state index is 12.5. The van der Waals surface area contributed by atoms with E-state index in [4.69, 9.17) is 5.11 Å². The SMILES string of the molecule is O=C1c2c(O)cc(CO)cc2C(=O)c2c(O)c(O)cc(O)c21. The van der Waals surface area contributed by atoms with E-state index in [9.17, 15) is 30.0 Å². The van der Waals surface area contributed by atoms with Gasteiger partial charge in [-0.1, -0.05) is 0 Å². The van der Waals surface area contributed by atoms with Crippen LogP contribution >= 0.6 is 0 Å². The molecule has 0 bridgehead atoms. The molecule has 0 spiro atoms. The number of aromatic hydroxyl groups is 4. The molecule has 0 radical (unpaired) electrons. The van der Waals surface area contributed by atoms with E-state index >= 15 is 0 Å². The fourth-order valence-corrected chi connectivity index (χ4v) is 2.55. The number of fused-ring (bicyclic) bond motifs is 2. The normalized spacial score (nSPS) is 13.0. The number of phenolic OH excluding ortho intramolecular Hbond substituents is 4. The first-order valence-corrected chi connectivity index (χ1v) is 6.20. The molecule has 0 atom stereocenters. The summed E-state index contributed by atoms with van der Waals surface area (Å²) in [4.78, 5) is 24.9. The predicted molar refractivity (Wildman–Crippen MR) is 72.3 cm³/mol. The summed E-state index contributed by atoms with van der Waals surface area (Å²) in [6.45, 7) is -0.466. The Morgan fingerprint density at radius 3 is 2.00 bits per heavy atom. The zero-order valence-corrected chi connectivity index (χ0v) is 11.0. The molecule has 0 aromatic heterocycles. The fourth-order valence-electron chi connectivity index (χ4n) is 2.55. The molecule has 0 saturated carbocycles. The Morgan fingerprint density at radius 2 is 1.36 bits per heavy atom. The van der Waals surface area contributed by atoms with Crippen LogP contribution in [0.2, 0.25) is 0 Å². The summed E-state index contributed by atoms with van der Waals surface area (Å²) in [6.07, 6.45) is 0. The molecule has 0 saturated heterocycles. The van der Waals surface area contributed by atoms with E-state index in [2.05, 4.69) is 0 Å². The second-order valence-electron chi connectivity index (χ2n) is 4.87. The van der Waals surface area contributed by atoms with E-state index in [1.54, 1.807) is 0 Å². The third-order valence-electron chi connectivity index (χ3n) is 3.54. The molecule has 7 nitrogen and oxygen atoms in total. The molecule has 0 aliphatic heterocycles. The van der Waals surface area contributed by atoms with Crippen LogP contribution in [0.3, 0.4) is 0 Å². The minimum absolute atomic E-state index is 0.199. The zero-order valence-electron chi connectivity index (χ0n) is 11.0. The number of aliphatic hydroxyl groups is 1. The van der Waals surface area contributed by atoms with Crippen LogP contribution in [0.25, 0.3) is 0 Å². The first-order chi connectivity index (χ1) is 10.4. The first kappa shape index (κ1) is 13.9. The van der Waals surface area contributed by atoms with Crippen LogP contribution in [0.1, 0.15) is 37.4 Å². The number of hydrogen-bond acceptors (Lipinski definition) is 7. The van der Waals surface area contributed by atoms with E-state index in [-0.39, 0.29) is 16.7 Å². The van der Waals surface area contributed by atoms with Gasteiger partial charge in [0.25, 0.3) is 0 Å².